The van der Waals surface area contributed by atoms with Gasteiger partial charge in [-0.2, -0.15) is 0 Å². The molecule has 2 rings (SSSR count). The second kappa shape index (κ2) is 5.75. The van der Waals surface area contributed by atoms with E-state index in [2.05, 4.69) is 10.3 Å². The van der Waals surface area contributed by atoms with Gasteiger partial charge in [0.15, 0.2) is 0 Å². The molecule has 19 heavy (non-hydrogen) atoms. The summed E-state index contributed by atoms with van der Waals surface area (Å²) in [4.78, 5) is 15.3. The lowest BCUT2D eigenvalue weighted by Gasteiger charge is -2.09. The van der Waals surface area contributed by atoms with Gasteiger partial charge in [-0.05, 0) is 18.2 Å². The molecule has 0 aliphatic carbocycles. The molecule has 0 bridgehead atoms. The fraction of sp³-hybridized carbons (Fsp3) is 0.231. The summed E-state index contributed by atoms with van der Waals surface area (Å²) >= 11 is 5.79. The van der Waals surface area contributed by atoms with Crippen molar-refractivity contribution in [2.75, 3.05) is 11.9 Å². The number of nitrogens with zero attached hydrogens (tertiary/aromatic N) is 2. The van der Waals surface area contributed by atoms with Crippen LogP contribution in [0.5, 0.6) is 0 Å². The number of hydrogen-bond donors (Lipinski definition) is 2. The standard InChI is InChI=1S/C13H14ClN3O2/c1-17-7-6-16-12(17)4-5-15-11-3-2-9(14)8-10(11)13(18)19/h2-3,6-8,15H,4-5H2,1H3,(H,18,19). The number of nitrogens with one attached hydrogen (secondary N) is 1. The molecular formula is C13H14ClN3O2. The van der Waals surface area contributed by atoms with Gasteiger partial charge in [0.2, 0.25) is 0 Å². The van der Waals surface area contributed by atoms with E-state index in [0.29, 0.717) is 23.7 Å². The number of carbonyl (C=O) groups is 1. The van der Waals surface area contributed by atoms with Gasteiger partial charge in [0, 0.05) is 43.1 Å². The van der Waals surface area contributed by atoms with Crippen LogP contribution in [0.2, 0.25) is 5.02 Å². The Morgan fingerprint density at radius 3 is 2.95 bits per heavy atom. The van der Waals surface area contributed by atoms with Crippen LogP contribution in [0.25, 0.3) is 0 Å². The number of hydrogen-bond acceptors (Lipinski definition) is 3. The smallest absolute Gasteiger partial charge is 0.337 e. The van der Waals surface area contributed by atoms with Gasteiger partial charge in [-0.1, -0.05) is 11.6 Å². The predicted octanol–water partition coefficient (Wildman–Crippen LogP) is 2.43. The van der Waals surface area contributed by atoms with Crippen LogP contribution < -0.4 is 5.32 Å². The Labute approximate surface area is 115 Å². The van der Waals surface area contributed by atoms with E-state index in [1.54, 1.807) is 18.3 Å². The highest BCUT2D eigenvalue weighted by atomic mass is 35.5. The molecule has 0 fully saturated rings. The molecular weight excluding hydrogens is 266 g/mol. The Bertz CT molecular complexity index is 595. The van der Waals surface area contributed by atoms with E-state index >= 15 is 0 Å². The fourth-order valence-electron chi connectivity index (χ4n) is 1.79. The Hall–Kier alpha value is -2.01. The van der Waals surface area contributed by atoms with Gasteiger partial charge in [-0.15, -0.1) is 0 Å². The molecule has 1 aromatic carbocycles. The lowest BCUT2D eigenvalue weighted by atomic mass is 10.1. The Kier molecular flexibility index (Phi) is 4.06. The van der Waals surface area contributed by atoms with Crippen LogP contribution >= 0.6 is 11.6 Å². The van der Waals surface area contributed by atoms with E-state index < -0.39 is 5.97 Å². The molecule has 0 saturated heterocycles. The first-order valence-electron chi connectivity index (χ1n) is 5.81. The molecule has 0 spiro atoms. The van der Waals surface area contributed by atoms with Gasteiger partial charge >= 0.3 is 5.97 Å². The number of aromatic nitrogens is 2. The van der Waals surface area contributed by atoms with Gasteiger partial charge in [-0.25, -0.2) is 9.78 Å². The van der Waals surface area contributed by atoms with Crippen LogP contribution in [0, 0.1) is 0 Å². The maximum atomic E-state index is 11.1. The average molecular weight is 280 g/mol. The second-order valence-corrected chi connectivity index (χ2v) is 4.56. The first-order valence-corrected chi connectivity index (χ1v) is 6.18. The molecule has 6 heteroatoms. The molecule has 2 N–H and O–H groups in total. The number of aryl methyl sites for hydroxylation is 1. The minimum atomic E-state index is -0.998. The highest BCUT2D eigenvalue weighted by Gasteiger charge is 2.10. The van der Waals surface area contributed by atoms with Crippen LogP contribution in [-0.2, 0) is 13.5 Å². The normalized spacial score (nSPS) is 10.4. The quantitative estimate of drug-likeness (QED) is 0.882. The number of imidazole rings is 1. The largest absolute Gasteiger partial charge is 0.478 e. The maximum Gasteiger partial charge on any atom is 0.337 e. The van der Waals surface area contributed by atoms with Gasteiger partial charge in [0.1, 0.15) is 5.82 Å². The van der Waals surface area contributed by atoms with Gasteiger partial charge in [0.05, 0.1) is 5.56 Å². The number of halogens is 1. The number of anilines is 1. The number of benzene rings is 1. The number of aromatic carboxylic acids is 1. The van der Waals surface area contributed by atoms with Crippen molar-refractivity contribution in [3.63, 3.8) is 0 Å². The Morgan fingerprint density at radius 1 is 1.53 bits per heavy atom. The van der Waals surface area contributed by atoms with E-state index in [1.165, 1.54) is 6.07 Å². The summed E-state index contributed by atoms with van der Waals surface area (Å²) < 4.78 is 1.93. The topological polar surface area (TPSA) is 67.2 Å². The van der Waals surface area contributed by atoms with Crippen molar-refractivity contribution in [2.24, 2.45) is 7.05 Å². The highest BCUT2D eigenvalue weighted by molar-refractivity contribution is 6.31. The maximum absolute atomic E-state index is 11.1. The molecule has 0 aliphatic rings. The van der Waals surface area contributed by atoms with E-state index in [1.807, 2.05) is 17.8 Å². The summed E-state index contributed by atoms with van der Waals surface area (Å²) in [7, 11) is 1.92. The second-order valence-electron chi connectivity index (χ2n) is 4.13. The van der Waals surface area contributed by atoms with Crippen molar-refractivity contribution in [1.82, 2.24) is 9.55 Å². The van der Waals surface area contributed by atoms with Crippen LogP contribution in [0.1, 0.15) is 16.2 Å². The first-order chi connectivity index (χ1) is 9.08. The lowest BCUT2D eigenvalue weighted by Crippen LogP contribution is -2.11. The van der Waals surface area contributed by atoms with Crippen molar-refractivity contribution in [3.8, 4) is 0 Å². The minimum absolute atomic E-state index is 0.173. The molecule has 0 aliphatic heterocycles. The van der Waals surface area contributed by atoms with Crippen molar-refractivity contribution < 1.29 is 9.90 Å². The number of carboxylic acids is 1. The summed E-state index contributed by atoms with van der Waals surface area (Å²) in [5.74, 6) is -0.0552. The predicted molar refractivity (Wildman–Crippen MR) is 73.8 cm³/mol. The Morgan fingerprint density at radius 2 is 2.32 bits per heavy atom. The van der Waals surface area contributed by atoms with E-state index in [9.17, 15) is 4.79 Å². The van der Waals surface area contributed by atoms with E-state index in [0.717, 1.165) is 5.82 Å². The molecule has 0 atom stereocenters. The zero-order chi connectivity index (χ0) is 13.8. The molecule has 0 saturated carbocycles. The average Bonchev–Trinajstić information content (AvgIpc) is 2.77. The summed E-state index contributed by atoms with van der Waals surface area (Å²) in [6, 6.07) is 4.77. The number of rotatable bonds is 5. The summed E-state index contributed by atoms with van der Waals surface area (Å²) in [6.45, 7) is 0.604. The molecule has 0 radical (unpaired) electrons. The monoisotopic (exact) mass is 279 g/mol. The molecule has 100 valence electrons. The van der Waals surface area contributed by atoms with Gasteiger partial charge < -0.3 is 15.0 Å². The zero-order valence-corrected chi connectivity index (χ0v) is 11.2. The van der Waals surface area contributed by atoms with Gasteiger partial charge in [-0.3, -0.25) is 0 Å². The molecule has 0 amide bonds. The third kappa shape index (κ3) is 3.26. The highest BCUT2D eigenvalue weighted by Crippen LogP contribution is 2.20. The van der Waals surface area contributed by atoms with E-state index in [-0.39, 0.29) is 5.56 Å². The fourth-order valence-corrected chi connectivity index (χ4v) is 1.97. The van der Waals surface area contributed by atoms with Gasteiger partial charge in [0.25, 0.3) is 0 Å². The number of carboxylic acid groups (broad SMARTS) is 1. The molecule has 2 aromatic rings. The van der Waals surface area contributed by atoms with Crippen LogP contribution in [0.15, 0.2) is 30.6 Å². The first kappa shape index (κ1) is 13.4. The SMILES string of the molecule is Cn1ccnc1CCNc1ccc(Cl)cc1C(=O)O. The molecule has 0 unspecified atom stereocenters. The van der Waals surface area contributed by atoms with E-state index in [4.69, 9.17) is 16.7 Å². The third-order valence-corrected chi connectivity index (χ3v) is 3.03. The Balaban J connectivity index is 2.03. The summed E-state index contributed by atoms with van der Waals surface area (Å²) in [6.07, 6.45) is 4.33. The zero-order valence-electron chi connectivity index (χ0n) is 10.4. The van der Waals surface area contributed by atoms with Crippen LogP contribution in [-0.4, -0.2) is 27.2 Å². The third-order valence-electron chi connectivity index (χ3n) is 2.80. The summed E-state index contributed by atoms with van der Waals surface area (Å²) in [5, 5.41) is 12.6. The minimum Gasteiger partial charge on any atom is -0.478 e. The lowest BCUT2D eigenvalue weighted by molar-refractivity contribution is 0.0698. The van der Waals surface area contributed by atoms with Crippen molar-refractivity contribution in [2.45, 2.75) is 6.42 Å². The van der Waals surface area contributed by atoms with Crippen molar-refractivity contribution in [3.05, 3.63) is 47.0 Å². The van der Waals surface area contributed by atoms with Crippen molar-refractivity contribution >= 4 is 23.3 Å². The van der Waals surface area contributed by atoms with Crippen LogP contribution in [0.3, 0.4) is 0 Å². The molecule has 1 heterocycles. The molecule has 5 nitrogen and oxygen atoms in total. The van der Waals surface area contributed by atoms with Crippen LogP contribution in [0.4, 0.5) is 5.69 Å². The molecule has 1 aromatic heterocycles. The van der Waals surface area contributed by atoms with Crippen molar-refractivity contribution in [1.29, 1.82) is 0 Å². The summed E-state index contributed by atoms with van der Waals surface area (Å²) in [5.41, 5.74) is 0.735.